The van der Waals surface area contributed by atoms with Gasteiger partial charge in [0.05, 0.1) is 16.7 Å². The van der Waals surface area contributed by atoms with E-state index in [1.165, 1.54) is 5.56 Å². The van der Waals surface area contributed by atoms with Gasteiger partial charge in [0.2, 0.25) is 0 Å². The molecular weight excluding hydrogens is 283 g/mol. The van der Waals surface area contributed by atoms with E-state index in [4.69, 9.17) is 33.7 Å². The molecule has 0 atom stereocenters. The third-order valence-corrected chi connectivity index (χ3v) is 3.19. The summed E-state index contributed by atoms with van der Waals surface area (Å²) in [5, 5.41) is 0.878. The first kappa shape index (κ1) is 14.0. The Bertz CT molecular complexity index is 523. The molecule has 5 heteroatoms. The highest BCUT2D eigenvalue weighted by Gasteiger charge is 2.08. The van der Waals surface area contributed by atoms with Crippen LogP contribution in [0.3, 0.4) is 0 Å². The number of rotatable bonds is 5. The van der Waals surface area contributed by atoms with E-state index in [9.17, 15) is 0 Å². The molecule has 2 N–H and O–H groups in total. The van der Waals surface area contributed by atoms with Crippen molar-refractivity contribution in [1.82, 2.24) is 4.98 Å². The Hall–Kier alpha value is -1.45. The molecule has 1 aromatic heterocycles. The predicted octanol–water partition coefficient (Wildman–Crippen LogP) is 3.98. The van der Waals surface area contributed by atoms with Crippen molar-refractivity contribution in [2.45, 2.75) is 12.8 Å². The number of pyridine rings is 1. The molecule has 0 unspecified atom stereocenters. The molecule has 0 aliphatic carbocycles. The second kappa shape index (κ2) is 6.64. The van der Waals surface area contributed by atoms with Gasteiger partial charge in [-0.25, -0.2) is 0 Å². The summed E-state index contributed by atoms with van der Waals surface area (Å²) in [6, 6.07) is 7.24. The monoisotopic (exact) mass is 296 g/mol. The number of hydrogen-bond acceptors (Lipinski definition) is 3. The SMILES string of the molecule is Nc1cc(Cl)c(OCCCc2ccncc2)c(Cl)c1. The van der Waals surface area contributed by atoms with Crippen molar-refractivity contribution in [2.24, 2.45) is 0 Å². The summed E-state index contributed by atoms with van der Waals surface area (Å²) in [4.78, 5) is 3.97. The Morgan fingerprint density at radius 1 is 1.11 bits per heavy atom. The summed E-state index contributed by atoms with van der Waals surface area (Å²) >= 11 is 12.1. The van der Waals surface area contributed by atoms with Crippen molar-refractivity contribution in [3.05, 3.63) is 52.3 Å². The molecule has 2 aromatic rings. The van der Waals surface area contributed by atoms with Gasteiger partial charge < -0.3 is 10.5 Å². The minimum atomic E-state index is 0.439. The number of nitrogens with two attached hydrogens (primary N) is 1. The number of aromatic nitrogens is 1. The van der Waals surface area contributed by atoms with Gasteiger partial charge in [-0.1, -0.05) is 23.2 Å². The molecule has 0 spiro atoms. The zero-order chi connectivity index (χ0) is 13.7. The average molecular weight is 297 g/mol. The van der Waals surface area contributed by atoms with Gasteiger partial charge >= 0.3 is 0 Å². The van der Waals surface area contributed by atoms with Gasteiger partial charge in [-0.05, 0) is 42.7 Å². The first-order valence-corrected chi connectivity index (χ1v) is 6.68. The van der Waals surface area contributed by atoms with Crippen LogP contribution in [-0.4, -0.2) is 11.6 Å². The summed E-state index contributed by atoms with van der Waals surface area (Å²) in [7, 11) is 0. The van der Waals surface area contributed by atoms with Crippen molar-refractivity contribution in [3.63, 3.8) is 0 Å². The second-order valence-electron chi connectivity index (χ2n) is 4.12. The van der Waals surface area contributed by atoms with E-state index in [-0.39, 0.29) is 0 Å². The van der Waals surface area contributed by atoms with Crippen molar-refractivity contribution < 1.29 is 4.74 Å². The maximum atomic E-state index is 6.03. The molecule has 0 saturated carbocycles. The van der Waals surface area contributed by atoms with Gasteiger partial charge in [0.25, 0.3) is 0 Å². The fraction of sp³-hybridized carbons (Fsp3) is 0.214. The third kappa shape index (κ3) is 4.01. The van der Waals surface area contributed by atoms with Gasteiger partial charge in [0.1, 0.15) is 0 Å². The van der Waals surface area contributed by atoms with Crippen LogP contribution in [0.4, 0.5) is 5.69 Å². The molecule has 1 heterocycles. The molecule has 0 radical (unpaired) electrons. The maximum Gasteiger partial charge on any atom is 0.156 e. The predicted molar refractivity (Wildman–Crippen MR) is 78.9 cm³/mol. The number of benzene rings is 1. The fourth-order valence-electron chi connectivity index (χ4n) is 1.72. The van der Waals surface area contributed by atoms with E-state index in [1.54, 1.807) is 24.5 Å². The highest BCUT2D eigenvalue weighted by molar-refractivity contribution is 6.37. The van der Waals surface area contributed by atoms with Crippen LogP contribution in [0.2, 0.25) is 10.0 Å². The molecule has 0 fully saturated rings. The molecule has 0 aliphatic rings. The molecule has 3 nitrogen and oxygen atoms in total. The molecule has 1 aromatic carbocycles. The summed E-state index contributed by atoms with van der Waals surface area (Å²) in [5.74, 6) is 0.493. The van der Waals surface area contributed by atoms with Crippen LogP contribution >= 0.6 is 23.2 Å². The Kier molecular flexibility index (Phi) is 4.88. The van der Waals surface area contributed by atoms with Gasteiger partial charge in [-0.2, -0.15) is 0 Å². The standard InChI is InChI=1S/C14H14Cl2N2O/c15-12-8-11(17)9-13(16)14(12)19-7-1-2-10-3-5-18-6-4-10/h3-6,8-9H,1-2,7,17H2. The lowest BCUT2D eigenvalue weighted by Crippen LogP contribution is -2.01. The molecule has 0 amide bonds. The Labute approximate surface area is 122 Å². The van der Waals surface area contributed by atoms with Crippen LogP contribution in [0.25, 0.3) is 0 Å². The summed E-state index contributed by atoms with van der Waals surface area (Å²) in [6.45, 7) is 0.547. The highest BCUT2D eigenvalue weighted by atomic mass is 35.5. The Morgan fingerprint density at radius 2 is 1.74 bits per heavy atom. The molecule has 0 saturated heterocycles. The first-order valence-electron chi connectivity index (χ1n) is 5.93. The van der Waals surface area contributed by atoms with Crippen LogP contribution in [-0.2, 0) is 6.42 Å². The second-order valence-corrected chi connectivity index (χ2v) is 4.94. The van der Waals surface area contributed by atoms with Crippen molar-refractivity contribution in [3.8, 4) is 5.75 Å². The summed E-state index contributed by atoms with van der Waals surface area (Å²) in [5.41, 5.74) is 7.39. The van der Waals surface area contributed by atoms with E-state index < -0.39 is 0 Å². The highest BCUT2D eigenvalue weighted by Crippen LogP contribution is 2.35. The van der Waals surface area contributed by atoms with Gasteiger partial charge in [0.15, 0.2) is 5.75 Å². The van der Waals surface area contributed by atoms with Gasteiger partial charge in [-0.15, -0.1) is 0 Å². The quantitative estimate of drug-likeness (QED) is 0.670. The number of hydrogen-bond donors (Lipinski definition) is 1. The smallest absolute Gasteiger partial charge is 0.156 e. The van der Waals surface area contributed by atoms with Gasteiger partial charge in [0, 0.05) is 18.1 Å². The largest absolute Gasteiger partial charge is 0.490 e. The average Bonchev–Trinajstić information content (AvgIpc) is 2.38. The lowest BCUT2D eigenvalue weighted by Gasteiger charge is -2.10. The van der Waals surface area contributed by atoms with E-state index in [0.29, 0.717) is 28.1 Å². The third-order valence-electron chi connectivity index (χ3n) is 2.63. The molecule has 19 heavy (non-hydrogen) atoms. The van der Waals surface area contributed by atoms with Crippen molar-refractivity contribution in [1.29, 1.82) is 0 Å². The van der Waals surface area contributed by atoms with Crippen LogP contribution in [0.1, 0.15) is 12.0 Å². The molecule has 0 bridgehead atoms. The number of nitrogen functional groups attached to an aromatic ring is 1. The number of anilines is 1. The van der Waals surface area contributed by atoms with E-state index in [2.05, 4.69) is 4.98 Å². The topological polar surface area (TPSA) is 48.1 Å². The van der Waals surface area contributed by atoms with E-state index in [1.807, 2.05) is 12.1 Å². The molecule has 2 rings (SSSR count). The van der Waals surface area contributed by atoms with Crippen molar-refractivity contribution >= 4 is 28.9 Å². The number of halogens is 2. The minimum Gasteiger partial charge on any atom is -0.490 e. The lowest BCUT2D eigenvalue weighted by atomic mass is 10.1. The number of ether oxygens (including phenoxy) is 1. The lowest BCUT2D eigenvalue weighted by molar-refractivity contribution is 0.311. The van der Waals surface area contributed by atoms with Crippen molar-refractivity contribution in [2.75, 3.05) is 12.3 Å². The maximum absolute atomic E-state index is 6.03. The normalized spacial score (nSPS) is 10.4. The Morgan fingerprint density at radius 3 is 2.37 bits per heavy atom. The summed E-state index contributed by atoms with van der Waals surface area (Å²) < 4.78 is 5.61. The zero-order valence-electron chi connectivity index (χ0n) is 10.3. The zero-order valence-corrected chi connectivity index (χ0v) is 11.8. The van der Waals surface area contributed by atoms with E-state index in [0.717, 1.165) is 12.8 Å². The Balaban J connectivity index is 1.86. The van der Waals surface area contributed by atoms with Crippen LogP contribution in [0.5, 0.6) is 5.75 Å². The van der Waals surface area contributed by atoms with Crippen LogP contribution in [0.15, 0.2) is 36.7 Å². The summed E-state index contributed by atoms with van der Waals surface area (Å²) in [6.07, 6.45) is 5.36. The fourth-order valence-corrected chi connectivity index (χ4v) is 2.33. The first-order chi connectivity index (χ1) is 9.16. The number of aryl methyl sites for hydroxylation is 1. The van der Waals surface area contributed by atoms with Crippen LogP contribution in [0, 0.1) is 0 Å². The van der Waals surface area contributed by atoms with Gasteiger partial charge in [-0.3, -0.25) is 4.98 Å². The molecule has 100 valence electrons. The van der Waals surface area contributed by atoms with E-state index >= 15 is 0 Å². The number of nitrogens with zero attached hydrogens (tertiary/aromatic N) is 1. The molecular formula is C14H14Cl2N2O. The van der Waals surface area contributed by atoms with Crippen LogP contribution < -0.4 is 10.5 Å². The minimum absolute atomic E-state index is 0.439. The molecule has 0 aliphatic heterocycles.